The van der Waals surface area contributed by atoms with Gasteiger partial charge in [0, 0.05) is 36.5 Å². The fourth-order valence-corrected chi connectivity index (χ4v) is 4.36. The van der Waals surface area contributed by atoms with Gasteiger partial charge in [-0.05, 0) is 37.0 Å². The molecule has 0 amide bonds. The number of halogens is 1. The van der Waals surface area contributed by atoms with Crippen LogP contribution in [0.1, 0.15) is 25.0 Å². The van der Waals surface area contributed by atoms with Crippen LogP contribution in [0.25, 0.3) is 22.6 Å². The normalized spacial score (nSPS) is 25.8. The van der Waals surface area contributed by atoms with E-state index >= 15 is 0 Å². The van der Waals surface area contributed by atoms with E-state index in [-0.39, 0.29) is 17.7 Å². The summed E-state index contributed by atoms with van der Waals surface area (Å²) in [5.74, 6) is 0.0836. The second-order valence-corrected chi connectivity index (χ2v) is 7.70. The lowest BCUT2D eigenvalue weighted by atomic mass is 9.84. The number of fused-ring (bicyclic) bond motifs is 2. The summed E-state index contributed by atoms with van der Waals surface area (Å²) >= 11 is 0. The van der Waals surface area contributed by atoms with Crippen molar-refractivity contribution in [2.75, 3.05) is 0 Å². The minimum absolute atomic E-state index is 0.0447. The molecule has 4 atom stereocenters. The number of hydrogen-bond donors (Lipinski definition) is 2. The quantitative estimate of drug-likeness (QED) is 0.710. The van der Waals surface area contributed by atoms with Crippen molar-refractivity contribution in [3.8, 4) is 22.8 Å². The van der Waals surface area contributed by atoms with E-state index in [0.717, 1.165) is 24.9 Å². The highest BCUT2D eigenvalue weighted by Gasteiger charge is 2.43. The van der Waals surface area contributed by atoms with Crippen LogP contribution in [-0.4, -0.2) is 48.1 Å². The molecular weight excluding hydrogens is 371 g/mol. The van der Waals surface area contributed by atoms with E-state index in [2.05, 4.69) is 32.1 Å². The van der Waals surface area contributed by atoms with E-state index in [1.54, 1.807) is 41.6 Å². The number of rotatable bonds is 4. The number of benzene rings is 1. The molecule has 2 fully saturated rings. The highest BCUT2D eigenvalue weighted by molar-refractivity contribution is 5.67. The van der Waals surface area contributed by atoms with Crippen molar-refractivity contribution in [1.29, 1.82) is 0 Å². The van der Waals surface area contributed by atoms with E-state index in [9.17, 15) is 9.50 Å². The van der Waals surface area contributed by atoms with Crippen LogP contribution >= 0.6 is 0 Å². The molecule has 2 bridgehead atoms. The van der Waals surface area contributed by atoms with Gasteiger partial charge in [0.2, 0.25) is 0 Å². The summed E-state index contributed by atoms with van der Waals surface area (Å²) in [6.45, 7) is 4.09. The van der Waals surface area contributed by atoms with Gasteiger partial charge in [0.15, 0.2) is 5.82 Å². The number of imidazole rings is 1. The van der Waals surface area contributed by atoms with Crippen LogP contribution in [-0.2, 0) is 0 Å². The minimum atomic E-state index is -0.970. The van der Waals surface area contributed by atoms with Crippen molar-refractivity contribution >= 4 is 5.57 Å². The van der Waals surface area contributed by atoms with Gasteiger partial charge in [0.05, 0.1) is 23.8 Å². The number of piperidine rings is 1. The van der Waals surface area contributed by atoms with Crippen molar-refractivity contribution in [3.05, 3.63) is 55.4 Å². The first-order chi connectivity index (χ1) is 14.1. The highest BCUT2D eigenvalue weighted by atomic mass is 19.1. The summed E-state index contributed by atoms with van der Waals surface area (Å²) in [4.78, 5) is 8.34. The molecule has 2 saturated heterocycles. The molecular formula is C21H21FN6O. The smallest absolute Gasteiger partial charge is 0.185 e. The van der Waals surface area contributed by atoms with Gasteiger partial charge < -0.3 is 15.0 Å². The second kappa shape index (κ2) is 7.04. The number of nitrogens with one attached hydrogen (secondary N) is 1. The van der Waals surface area contributed by atoms with E-state index in [0.29, 0.717) is 28.7 Å². The largest absolute Gasteiger partial charge is 0.507 e. The van der Waals surface area contributed by atoms with Gasteiger partial charge in [-0.2, -0.15) is 0 Å². The number of phenolic OH excluding ortho intramolecular Hbond substituents is 1. The topological polar surface area (TPSA) is 88.8 Å². The molecule has 4 heterocycles. The van der Waals surface area contributed by atoms with E-state index in [4.69, 9.17) is 0 Å². The van der Waals surface area contributed by atoms with Crippen LogP contribution in [0.15, 0.2) is 49.7 Å². The average molecular weight is 392 g/mol. The third-order valence-electron chi connectivity index (χ3n) is 5.95. The molecule has 0 unspecified atom stereocenters. The Labute approximate surface area is 167 Å². The van der Waals surface area contributed by atoms with Crippen LogP contribution in [0.3, 0.4) is 0 Å². The highest BCUT2D eigenvalue weighted by Crippen LogP contribution is 2.39. The first-order valence-corrected chi connectivity index (χ1v) is 9.71. The molecule has 0 radical (unpaired) electrons. The molecule has 7 nitrogen and oxygen atoms in total. The van der Waals surface area contributed by atoms with Crippen molar-refractivity contribution in [2.24, 2.45) is 5.92 Å². The fourth-order valence-electron chi connectivity index (χ4n) is 4.36. The molecule has 0 spiro atoms. The SMILES string of the molecule is C=C(c1cnc(-c2ccc(-n3ccnc3)cc2O)nn1)[C@H]1C[C@@H]2CC[C@@H](N2)[C@H]1F. The summed E-state index contributed by atoms with van der Waals surface area (Å²) in [6, 6.07) is 5.44. The average Bonchev–Trinajstić information content (AvgIpc) is 3.41. The Morgan fingerprint density at radius 3 is 2.90 bits per heavy atom. The second-order valence-electron chi connectivity index (χ2n) is 7.70. The van der Waals surface area contributed by atoms with Crippen LogP contribution in [0.5, 0.6) is 5.75 Å². The van der Waals surface area contributed by atoms with Crippen molar-refractivity contribution < 1.29 is 9.50 Å². The Morgan fingerprint density at radius 2 is 2.17 bits per heavy atom. The Morgan fingerprint density at radius 1 is 1.28 bits per heavy atom. The first kappa shape index (κ1) is 17.9. The molecule has 5 rings (SSSR count). The lowest BCUT2D eigenvalue weighted by Gasteiger charge is -2.33. The maximum atomic E-state index is 14.8. The third-order valence-corrected chi connectivity index (χ3v) is 5.95. The van der Waals surface area contributed by atoms with Crippen LogP contribution in [0.4, 0.5) is 4.39 Å². The molecule has 2 N–H and O–H groups in total. The number of allylic oxidation sites excluding steroid dienone is 1. The van der Waals surface area contributed by atoms with Crippen LogP contribution < -0.4 is 5.32 Å². The lowest BCUT2D eigenvalue weighted by Crippen LogP contribution is -2.47. The van der Waals surface area contributed by atoms with Crippen molar-refractivity contribution in [2.45, 2.75) is 37.5 Å². The first-order valence-electron chi connectivity index (χ1n) is 9.71. The zero-order valence-corrected chi connectivity index (χ0v) is 15.7. The predicted molar refractivity (Wildman–Crippen MR) is 106 cm³/mol. The number of aromatic hydroxyl groups is 1. The molecule has 0 saturated carbocycles. The zero-order valence-electron chi connectivity index (χ0n) is 15.7. The molecule has 1 aromatic carbocycles. The van der Waals surface area contributed by atoms with Gasteiger partial charge in [-0.25, -0.2) is 14.4 Å². The summed E-state index contributed by atoms with van der Waals surface area (Å²) in [5, 5.41) is 22.1. The molecule has 0 aliphatic carbocycles. The fraction of sp³-hybridized carbons (Fsp3) is 0.333. The monoisotopic (exact) mass is 392 g/mol. The van der Waals surface area contributed by atoms with Gasteiger partial charge >= 0.3 is 0 Å². The summed E-state index contributed by atoms with van der Waals surface area (Å²) in [7, 11) is 0. The maximum Gasteiger partial charge on any atom is 0.185 e. The number of aromatic nitrogens is 5. The third kappa shape index (κ3) is 3.19. The summed E-state index contributed by atoms with van der Waals surface area (Å²) < 4.78 is 16.6. The zero-order chi connectivity index (χ0) is 20.0. The van der Waals surface area contributed by atoms with Gasteiger partial charge in [0.25, 0.3) is 0 Å². The van der Waals surface area contributed by atoms with Gasteiger partial charge in [-0.15, -0.1) is 10.2 Å². The number of alkyl halides is 1. The number of nitrogens with zero attached hydrogens (tertiary/aromatic N) is 5. The number of phenols is 1. The Hall–Kier alpha value is -3.13. The maximum absolute atomic E-state index is 14.8. The van der Waals surface area contributed by atoms with Crippen LogP contribution in [0.2, 0.25) is 0 Å². The lowest BCUT2D eigenvalue weighted by molar-refractivity contribution is 0.167. The minimum Gasteiger partial charge on any atom is -0.507 e. The Bertz CT molecular complexity index is 1040. The predicted octanol–water partition coefficient (Wildman–Crippen LogP) is 2.92. The molecule has 2 aromatic heterocycles. The summed E-state index contributed by atoms with van der Waals surface area (Å²) in [6.07, 6.45) is 8.29. The van der Waals surface area contributed by atoms with Gasteiger partial charge in [-0.1, -0.05) is 6.58 Å². The van der Waals surface area contributed by atoms with Gasteiger partial charge in [-0.3, -0.25) is 0 Å². The van der Waals surface area contributed by atoms with Crippen molar-refractivity contribution in [1.82, 2.24) is 30.0 Å². The Balaban J connectivity index is 1.37. The molecule has 3 aromatic rings. The van der Waals surface area contributed by atoms with E-state index in [1.807, 2.05) is 6.07 Å². The molecule has 148 valence electrons. The Kier molecular flexibility index (Phi) is 4.35. The molecule has 2 aliphatic heterocycles. The molecule has 2 aliphatic rings. The molecule has 8 heteroatoms. The van der Waals surface area contributed by atoms with E-state index < -0.39 is 6.17 Å². The number of hydrogen-bond acceptors (Lipinski definition) is 6. The van der Waals surface area contributed by atoms with Crippen molar-refractivity contribution in [3.63, 3.8) is 0 Å². The summed E-state index contributed by atoms with van der Waals surface area (Å²) in [5.41, 5.74) is 2.39. The van der Waals surface area contributed by atoms with E-state index in [1.165, 1.54) is 0 Å². The van der Waals surface area contributed by atoms with Crippen LogP contribution in [0, 0.1) is 5.92 Å². The van der Waals surface area contributed by atoms with Gasteiger partial charge in [0.1, 0.15) is 17.6 Å². The standard InChI is InChI=1S/C21H21FN6O/c1-12(16-8-13-2-5-17(25-13)20(16)22)18-10-24-21(27-26-18)15-4-3-14(9-19(15)29)28-7-6-23-11-28/h3-4,6-7,9-11,13,16-17,20,25,29H,1-2,5,8H2/t13-,16+,17+,20-/m0/s1. The molecule has 29 heavy (non-hydrogen) atoms.